The lowest BCUT2D eigenvalue weighted by Gasteiger charge is -2.35. The Balaban J connectivity index is 1.45. The molecular weight excluding hydrogens is 519 g/mol. The zero-order valence-electron chi connectivity index (χ0n) is 19.9. The zero-order chi connectivity index (χ0) is 25.7. The summed E-state index contributed by atoms with van der Waals surface area (Å²) in [5.74, 6) is 0.811. The lowest BCUT2D eigenvalue weighted by Crippen LogP contribution is -2.44. The van der Waals surface area contributed by atoms with Crippen molar-refractivity contribution in [3.8, 4) is 0 Å². The van der Waals surface area contributed by atoms with Crippen molar-refractivity contribution in [3.63, 3.8) is 0 Å². The molecule has 2 heterocycles. The van der Waals surface area contributed by atoms with Crippen molar-refractivity contribution in [3.05, 3.63) is 81.4 Å². The number of ketones is 1. The molecule has 7 nitrogen and oxygen atoms in total. The normalized spacial score (nSPS) is 13.9. The number of benzene rings is 2. The van der Waals surface area contributed by atoms with E-state index in [2.05, 4.69) is 44.0 Å². The van der Waals surface area contributed by atoms with Gasteiger partial charge in [0.25, 0.3) is 0 Å². The quantitative estimate of drug-likeness (QED) is 0.327. The minimum atomic E-state index is -0.0218. The van der Waals surface area contributed by atoms with Gasteiger partial charge in [-0.3, -0.25) is 4.79 Å². The molecule has 4 rings (SSSR count). The average Bonchev–Trinajstić information content (AvgIpc) is 2.85. The monoisotopic (exact) mass is 544 g/mol. The minimum absolute atomic E-state index is 0.0218. The Morgan fingerprint density at radius 1 is 1.06 bits per heavy atom. The highest BCUT2D eigenvalue weighted by molar-refractivity contribution is 6.39. The SMILES string of the molecule is C=CC(=O)Cc1cccc(CNc2nc(Nc3cc(Cl)c(N4CCN(C)CC4)c(Cl)c3)ncc2Cl)c1. The van der Waals surface area contributed by atoms with E-state index >= 15 is 0 Å². The van der Waals surface area contributed by atoms with E-state index in [4.69, 9.17) is 34.8 Å². The first-order valence-corrected chi connectivity index (χ1v) is 12.6. The highest BCUT2D eigenvalue weighted by Gasteiger charge is 2.20. The molecule has 10 heteroatoms. The van der Waals surface area contributed by atoms with Gasteiger partial charge in [-0.05, 0) is 36.4 Å². The average molecular weight is 546 g/mol. The van der Waals surface area contributed by atoms with Gasteiger partial charge in [-0.15, -0.1) is 0 Å². The molecule has 2 aromatic carbocycles. The van der Waals surface area contributed by atoms with Crippen molar-refractivity contribution in [2.75, 3.05) is 48.8 Å². The molecule has 0 bridgehead atoms. The predicted molar refractivity (Wildman–Crippen MR) is 149 cm³/mol. The molecule has 3 aromatic rings. The van der Waals surface area contributed by atoms with E-state index in [1.54, 1.807) is 0 Å². The lowest BCUT2D eigenvalue weighted by atomic mass is 10.1. The standard InChI is InChI=1S/C26H27Cl3N6O/c1-3-20(36)12-17-5-4-6-18(11-17)15-30-25-23(29)16-31-26(33-25)32-19-13-21(27)24(22(28)14-19)35-9-7-34(2)8-10-35/h3-6,11,13-14,16H,1,7-10,12,15H2,2H3,(H2,30,31,32,33). The van der Waals surface area contributed by atoms with Crippen molar-refractivity contribution in [1.82, 2.24) is 14.9 Å². The second-order valence-electron chi connectivity index (χ2n) is 8.61. The van der Waals surface area contributed by atoms with Crippen LogP contribution in [0.3, 0.4) is 0 Å². The maximum Gasteiger partial charge on any atom is 0.229 e. The summed E-state index contributed by atoms with van der Waals surface area (Å²) in [4.78, 5) is 24.9. The maximum absolute atomic E-state index is 11.7. The van der Waals surface area contributed by atoms with E-state index in [9.17, 15) is 4.79 Å². The Kier molecular flexibility index (Phi) is 8.69. The second kappa shape index (κ2) is 11.9. The summed E-state index contributed by atoms with van der Waals surface area (Å²) in [5.41, 5.74) is 3.43. The Labute approximate surface area is 226 Å². The van der Waals surface area contributed by atoms with Crippen LogP contribution >= 0.6 is 34.8 Å². The summed E-state index contributed by atoms with van der Waals surface area (Å²) in [6.45, 7) is 7.65. The molecule has 0 amide bonds. The summed E-state index contributed by atoms with van der Waals surface area (Å²) >= 11 is 19.6. The first kappa shape index (κ1) is 26.2. The number of aromatic nitrogens is 2. The number of likely N-dealkylation sites (N-methyl/N-ethyl adjacent to an activating group) is 1. The van der Waals surface area contributed by atoms with Gasteiger partial charge in [0.05, 0.1) is 21.9 Å². The summed E-state index contributed by atoms with van der Waals surface area (Å²) < 4.78 is 0. The molecule has 2 N–H and O–H groups in total. The molecule has 0 radical (unpaired) electrons. The Hall–Kier alpha value is -2.84. The number of halogens is 3. The summed E-state index contributed by atoms with van der Waals surface area (Å²) in [5, 5.41) is 7.92. The second-order valence-corrected chi connectivity index (χ2v) is 9.84. The van der Waals surface area contributed by atoms with E-state index in [0.717, 1.165) is 43.0 Å². The molecule has 1 saturated heterocycles. The van der Waals surface area contributed by atoms with E-state index in [0.29, 0.717) is 45.5 Å². The number of hydrogen-bond acceptors (Lipinski definition) is 7. The van der Waals surface area contributed by atoms with Crippen LogP contribution < -0.4 is 15.5 Å². The van der Waals surface area contributed by atoms with E-state index in [1.807, 2.05) is 36.4 Å². The number of piperazine rings is 1. The molecule has 0 aliphatic carbocycles. The molecule has 1 fully saturated rings. The highest BCUT2D eigenvalue weighted by Crippen LogP contribution is 2.38. The van der Waals surface area contributed by atoms with Crippen molar-refractivity contribution in [2.45, 2.75) is 13.0 Å². The largest absolute Gasteiger partial charge is 0.367 e. The van der Waals surface area contributed by atoms with E-state index < -0.39 is 0 Å². The highest BCUT2D eigenvalue weighted by atomic mass is 35.5. The van der Waals surface area contributed by atoms with Crippen LogP contribution in [0.1, 0.15) is 11.1 Å². The van der Waals surface area contributed by atoms with Crippen LogP contribution in [0, 0.1) is 0 Å². The van der Waals surface area contributed by atoms with Crippen molar-refractivity contribution in [2.24, 2.45) is 0 Å². The Bertz CT molecular complexity index is 1240. The first-order valence-electron chi connectivity index (χ1n) is 11.5. The lowest BCUT2D eigenvalue weighted by molar-refractivity contribution is -0.114. The summed E-state index contributed by atoms with van der Waals surface area (Å²) in [6, 6.07) is 11.4. The molecule has 0 spiro atoms. The van der Waals surface area contributed by atoms with Crippen molar-refractivity contribution < 1.29 is 4.79 Å². The van der Waals surface area contributed by atoms with E-state index in [-0.39, 0.29) is 5.78 Å². The number of nitrogens with one attached hydrogen (secondary N) is 2. The van der Waals surface area contributed by atoms with Gasteiger partial charge in [-0.2, -0.15) is 4.98 Å². The molecule has 0 unspecified atom stereocenters. The fourth-order valence-electron chi connectivity index (χ4n) is 3.96. The summed E-state index contributed by atoms with van der Waals surface area (Å²) in [6.07, 6.45) is 3.18. The van der Waals surface area contributed by atoms with Gasteiger partial charge in [0.15, 0.2) is 11.6 Å². The maximum atomic E-state index is 11.7. The molecule has 1 aliphatic rings. The zero-order valence-corrected chi connectivity index (χ0v) is 22.2. The van der Waals surface area contributed by atoms with Crippen LogP contribution in [0.4, 0.5) is 23.1 Å². The first-order chi connectivity index (χ1) is 17.3. The van der Waals surface area contributed by atoms with Crippen LogP contribution in [0.25, 0.3) is 0 Å². The molecule has 0 saturated carbocycles. The number of nitrogens with zero attached hydrogens (tertiary/aromatic N) is 4. The molecular formula is C26H27Cl3N6O. The smallest absolute Gasteiger partial charge is 0.229 e. The number of anilines is 4. The molecule has 1 aromatic heterocycles. The predicted octanol–water partition coefficient (Wildman–Crippen LogP) is 5.84. The Morgan fingerprint density at radius 2 is 1.75 bits per heavy atom. The Morgan fingerprint density at radius 3 is 2.44 bits per heavy atom. The fourth-order valence-corrected chi connectivity index (χ4v) is 4.84. The number of carbonyl (C=O) groups excluding carboxylic acids is 1. The van der Waals surface area contributed by atoms with Crippen LogP contribution in [-0.4, -0.2) is 53.9 Å². The number of hydrogen-bond donors (Lipinski definition) is 2. The van der Waals surface area contributed by atoms with Crippen molar-refractivity contribution in [1.29, 1.82) is 0 Å². The van der Waals surface area contributed by atoms with Gasteiger partial charge in [-0.1, -0.05) is 65.6 Å². The third-order valence-corrected chi connectivity index (χ3v) is 6.75. The van der Waals surface area contributed by atoms with E-state index in [1.165, 1.54) is 12.3 Å². The van der Waals surface area contributed by atoms with Gasteiger partial charge in [0.2, 0.25) is 5.95 Å². The van der Waals surface area contributed by atoms with Crippen LogP contribution in [0.15, 0.2) is 55.3 Å². The minimum Gasteiger partial charge on any atom is -0.367 e. The fraction of sp³-hybridized carbons (Fsp3) is 0.269. The van der Waals surface area contributed by atoms with Crippen molar-refractivity contribution >= 4 is 63.7 Å². The van der Waals surface area contributed by atoms with Gasteiger partial charge < -0.3 is 20.4 Å². The number of allylic oxidation sites excluding steroid dienone is 1. The topological polar surface area (TPSA) is 73.4 Å². The van der Waals surface area contributed by atoms with Crippen LogP contribution in [-0.2, 0) is 17.8 Å². The van der Waals surface area contributed by atoms with Gasteiger partial charge >= 0.3 is 0 Å². The van der Waals surface area contributed by atoms with Gasteiger partial charge in [0.1, 0.15) is 5.02 Å². The number of carbonyl (C=O) groups is 1. The third kappa shape index (κ3) is 6.68. The third-order valence-electron chi connectivity index (χ3n) is 5.89. The summed E-state index contributed by atoms with van der Waals surface area (Å²) in [7, 11) is 2.10. The number of rotatable bonds is 9. The molecule has 36 heavy (non-hydrogen) atoms. The van der Waals surface area contributed by atoms with Crippen LogP contribution in [0.2, 0.25) is 15.1 Å². The molecule has 0 atom stereocenters. The van der Waals surface area contributed by atoms with Crippen LogP contribution in [0.5, 0.6) is 0 Å². The van der Waals surface area contributed by atoms with Gasteiger partial charge in [-0.25, -0.2) is 4.98 Å². The van der Waals surface area contributed by atoms with Gasteiger partial charge in [0, 0.05) is 44.8 Å². The molecule has 188 valence electrons. The molecule has 1 aliphatic heterocycles.